The molecule has 9 heteroatoms. The number of nitrogens with two attached hydrogens (primary N) is 1. The van der Waals surface area contributed by atoms with Crippen LogP contribution in [-0.2, 0) is 15.5 Å². The fourth-order valence-electron chi connectivity index (χ4n) is 3.86. The van der Waals surface area contributed by atoms with E-state index in [0.717, 1.165) is 23.1 Å². The fourth-order valence-corrected chi connectivity index (χ4v) is 5.23. The van der Waals surface area contributed by atoms with Gasteiger partial charge in [-0.2, -0.15) is 0 Å². The van der Waals surface area contributed by atoms with Crippen LogP contribution in [0.3, 0.4) is 0 Å². The third kappa shape index (κ3) is 6.16. The molecule has 0 spiro atoms. The Kier molecular flexibility index (Phi) is 7.81. The molecule has 2 aromatic carbocycles. The van der Waals surface area contributed by atoms with Gasteiger partial charge in [0.25, 0.3) is 0 Å². The highest BCUT2D eigenvalue weighted by molar-refractivity contribution is 8.00. The molecular weight excluding hydrogens is 475 g/mol. The number of benzene rings is 2. The van der Waals surface area contributed by atoms with Gasteiger partial charge < -0.3 is 15.8 Å². The van der Waals surface area contributed by atoms with Gasteiger partial charge >= 0.3 is 0 Å². The smallest absolute Gasteiger partial charge is 0.223 e. The molecule has 4 aromatic rings. The molecule has 0 saturated carbocycles. The zero-order valence-electron chi connectivity index (χ0n) is 20.5. The van der Waals surface area contributed by atoms with Crippen molar-refractivity contribution in [3.63, 3.8) is 0 Å². The monoisotopic (exact) mass is 506 g/mol. The lowest BCUT2D eigenvalue weighted by Gasteiger charge is -2.15. The van der Waals surface area contributed by atoms with Crippen LogP contribution in [0.2, 0.25) is 0 Å². The van der Waals surface area contributed by atoms with Gasteiger partial charge in [-0.1, -0.05) is 50.2 Å². The van der Waals surface area contributed by atoms with Crippen molar-refractivity contribution >= 4 is 38.2 Å². The minimum atomic E-state index is -2.78. The van der Waals surface area contributed by atoms with E-state index in [1.165, 1.54) is 6.07 Å². The lowest BCUT2D eigenvalue weighted by atomic mass is 9.99. The number of pyridine rings is 1. The predicted octanol–water partition coefficient (Wildman–Crippen LogP) is 4.96. The summed E-state index contributed by atoms with van der Waals surface area (Å²) < 4.78 is 30.9. The second-order valence-corrected chi connectivity index (χ2v) is 11.1. The Morgan fingerprint density at radius 2 is 1.89 bits per heavy atom. The summed E-state index contributed by atoms with van der Waals surface area (Å²) in [5.74, 6) is 4.16. The summed E-state index contributed by atoms with van der Waals surface area (Å²) in [4.78, 5) is 13.7. The molecule has 4 N–H and O–H groups in total. The second kappa shape index (κ2) is 11.0. The number of nitrogens with one attached hydrogen (secondary N) is 2. The Labute approximate surface area is 211 Å². The van der Waals surface area contributed by atoms with Crippen LogP contribution < -0.4 is 15.8 Å². The lowest BCUT2D eigenvalue weighted by Crippen LogP contribution is -2.15. The van der Waals surface area contributed by atoms with E-state index in [1.807, 2.05) is 36.4 Å². The highest BCUT2D eigenvalue weighted by Gasteiger charge is 2.15. The minimum absolute atomic E-state index is 0.135. The molecule has 0 bridgehead atoms. The average Bonchev–Trinajstić information content (AvgIpc) is 2.85. The predicted molar refractivity (Wildman–Crippen MR) is 148 cm³/mol. The first-order chi connectivity index (χ1) is 17.3. The summed E-state index contributed by atoms with van der Waals surface area (Å²) in [6.07, 6.45) is 2.50. The molecule has 0 radical (unpaired) electrons. The Balaban J connectivity index is 1.62. The average molecular weight is 507 g/mol. The van der Waals surface area contributed by atoms with Crippen LogP contribution in [0.15, 0.2) is 60.8 Å². The first-order valence-electron chi connectivity index (χ1n) is 11.8. The molecule has 1 atom stereocenters. The topological polar surface area (TPSA) is 106 Å². The van der Waals surface area contributed by atoms with Crippen LogP contribution in [0.5, 0.6) is 0 Å². The highest BCUT2D eigenvalue weighted by Crippen LogP contribution is 2.30. The van der Waals surface area contributed by atoms with Crippen LogP contribution in [0.1, 0.15) is 37.3 Å². The SMILES string of the molecule is C=S(=O)(Cc1ccccc1)Nc1ccc(-c2cc(C(C)C)c3nc(NCCCN)ncc3n2)cc1F. The highest BCUT2D eigenvalue weighted by atomic mass is 32.2. The van der Waals surface area contributed by atoms with E-state index >= 15 is 4.39 Å². The largest absolute Gasteiger partial charge is 0.354 e. The van der Waals surface area contributed by atoms with Crippen LogP contribution in [0.25, 0.3) is 22.3 Å². The molecule has 2 heterocycles. The van der Waals surface area contributed by atoms with E-state index in [0.29, 0.717) is 35.8 Å². The summed E-state index contributed by atoms with van der Waals surface area (Å²) in [5, 5.41) is 3.18. The molecule has 36 heavy (non-hydrogen) atoms. The van der Waals surface area contributed by atoms with Crippen LogP contribution >= 0.6 is 0 Å². The molecule has 7 nitrogen and oxygen atoms in total. The second-order valence-electron chi connectivity index (χ2n) is 8.99. The molecule has 188 valence electrons. The van der Waals surface area contributed by atoms with Gasteiger partial charge in [0.15, 0.2) is 0 Å². The molecule has 1 unspecified atom stereocenters. The van der Waals surface area contributed by atoms with Crippen molar-refractivity contribution in [3.05, 3.63) is 77.7 Å². The molecule has 0 saturated heterocycles. The van der Waals surface area contributed by atoms with E-state index in [9.17, 15) is 4.21 Å². The Bertz CT molecular complexity index is 1460. The molecule has 0 aliphatic rings. The zero-order chi connectivity index (χ0) is 25.7. The van der Waals surface area contributed by atoms with Crippen molar-refractivity contribution in [2.75, 3.05) is 23.1 Å². The van der Waals surface area contributed by atoms with Crippen molar-refractivity contribution < 1.29 is 8.60 Å². The normalized spacial score (nSPS) is 13.0. The minimum Gasteiger partial charge on any atom is -0.354 e. The first kappa shape index (κ1) is 25.5. The standard InChI is InChI=1S/C27H31FN6OS/c1-18(2)21-15-24(32-25-16-31-27(33-26(21)25)30-13-7-12-29)20-10-11-23(22(28)14-20)34-36(3,35)17-19-8-5-4-6-9-19/h4-6,8-11,14-16,18H,3,7,12-13,17,29H2,1-2H3,(H,34,35)(H,30,31,33). The zero-order valence-corrected chi connectivity index (χ0v) is 21.3. The van der Waals surface area contributed by atoms with E-state index in [-0.39, 0.29) is 17.4 Å². The number of halogens is 1. The summed E-state index contributed by atoms with van der Waals surface area (Å²) in [6, 6.07) is 16.0. The Morgan fingerprint density at radius 1 is 1.11 bits per heavy atom. The molecular formula is C27H31FN6OS. The molecule has 0 aliphatic heterocycles. The third-order valence-electron chi connectivity index (χ3n) is 5.67. The van der Waals surface area contributed by atoms with Crippen molar-refractivity contribution in [1.29, 1.82) is 0 Å². The third-order valence-corrected chi connectivity index (χ3v) is 7.06. The van der Waals surface area contributed by atoms with Crippen molar-refractivity contribution in [1.82, 2.24) is 15.0 Å². The summed E-state index contributed by atoms with van der Waals surface area (Å²) >= 11 is 0. The van der Waals surface area contributed by atoms with Gasteiger partial charge in [-0.25, -0.2) is 23.6 Å². The summed E-state index contributed by atoms with van der Waals surface area (Å²) in [7, 11) is -2.78. The van der Waals surface area contributed by atoms with Crippen LogP contribution in [0.4, 0.5) is 16.0 Å². The van der Waals surface area contributed by atoms with Gasteiger partial charge in [-0.05, 0) is 54.1 Å². The van der Waals surface area contributed by atoms with Crippen LogP contribution in [-0.4, -0.2) is 38.1 Å². The van der Waals surface area contributed by atoms with Gasteiger partial charge in [0.1, 0.15) is 11.3 Å². The van der Waals surface area contributed by atoms with E-state index in [4.69, 9.17) is 10.7 Å². The van der Waals surface area contributed by atoms with Crippen molar-refractivity contribution in [2.45, 2.75) is 31.9 Å². The molecule has 0 fully saturated rings. The number of hydrogen-bond donors (Lipinski definition) is 3. The van der Waals surface area contributed by atoms with Crippen molar-refractivity contribution in [2.24, 2.45) is 5.73 Å². The van der Waals surface area contributed by atoms with Gasteiger partial charge in [-0.3, -0.25) is 0 Å². The van der Waals surface area contributed by atoms with Gasteiger partial charge in [0, 0.05) is 21.8 Å². The first-order valence-corrected chi connectivity index (χ1v) is 13.7. The van der Waals surface area contributed by atoms with Gasteiger partial charge in [0.05, 0.1) is 28.8 Å². The number of nitrogens with zero attached hydrogens (tertiary/aromatic N) is 3. The Morgan fingerprint density at radius 3 is 2.58 bits per heavy atom. The molecule has 0 aliphatic carbocycles. The maximum Gasteiger partial charge on any atom is 0.223 e. The molecule has 4 rings (SSSR count). The van der Waals surface area contributed by atoms with Gasteiger partial charge in [-0.15, -0.1) is 0 Å². The van der Waals surface area contributed by atoms with Crippen molar-refractivity contribution in [3.8, 4) is 11.3 Å². The van der Waals surface area contributed by atoms with E-state index in [1.54, 1.807) is 18.3 Å². The lowest BCUT2D eigenvalue weighted by molar-refractivity contribution is 0.632. The van der Waals surface area contributed by atoms with E-state index < -0.39 is 15.5 Å². The number of fused-ring (bicyclic) bond motifs is 1. The quantitative estimate of drug-likeness (QED) is 0.207. The number of anilines is 2. The maximum absolute atomic E-state index is 15.1. The summed E-state index contributed by atoms with van der Waals surface area (Å²) in [6.45, 7) is 5.43. The Hall–Kier alpha value is -3.56. The van der Waals surface area contributed by atoms with Gasteiger partial charge in [0.2, 0.25) is 5.95 Å². The maximum atomic E-state index is 15.1. The molecule has 0 amide bonds. The fraction of sp³-hybridized carbons (Fsp3) is 0.259. The summed E-state index contributed by atoms with van der Waals surface area (Å²) in [5.41, 5.74) is 10.2. The number of hydrogen-bond acceptors (Lipinski definition) is 6. The molecule has 2 aromatic heterocycles. The number of rotatable bonds is 10. The number of aromatic nitrogens is 3. The van der Waals surface area contributed by atoms with E-state index in [2.05, 4.69) is 39.7 Å². The van der Waals surface area contributed by atoms with Crippen LogP contribution in [0, 0.1) is 5.82 Å².